The zero-order chi connectivity index (χ0) is 15.0. The number of carbonyl (C=O) groups is 3. The standard InChI is InChI=1S/C13H15N5O3/c14-8-1-2-9(15-6-8)5-10(19)18-4-3-13(7-18)11(20)16-12(21)17-13/h1-2,6H,3-5,7,14H2,(H2,16,17,20,21). The predicted octanol–water partition coefficient (Wildman–Crippen LogP) is -0.983. The minimum Gasteiger partial charge on any atom is -0.397 e. The number of hydrogen-bond donors (Lipinski definition) is 3. The Labute approximate surface area is 120 Å². The van der Waals surface area contributed by atoms with Gasteiger partial charge in [0.05, 0.1) is 24.8 Å². The first-order valence-electron chi connectivity index (χ1n) is 6.60. The minimum atomic E-state index is -0.971. The molecule has 0 bridgehead atoms. The SMILES string of the molecule is Nc1ccc(CC(=O)N2CCC3(C2)NC(=O)NC3=O)nc1. The molecule has 2 saturated heterocycles. The fourth-order valence-electron chi connectivity index (χ4n) is 2.65. The number of amides is 4. The van der Waals surface area contributed by atoms with Crippen LogP contribution in [0.25, 0.3) is 0 Å². The number of nitrogens with two attached hydrogens (primary N) is 1. The fraction of sp³-hybridized carbons (Fsp3) is 0.385. The van der Waals surface area contributed by atoms with Gasteiger partial charge in [0.25, 0.3) is 5.91 Å². The third-order valence-electron chi connectivity index (χ3n) is 3.82. The molecule has 1 atom stereocenters. The number of urea groups is 1. The average molecular weight is 289 g/mol. The van der Waals surface area contributed by atoms with E-state index >= 15 is 0 Å². The molecule has 2 fully saturated rings. The van der Waals surface area contributed by atoms with E-state index in [1.807, 2.05) is 0 Å². The molecule has 0 aliphatic carbocycles. The Morgan fingerprint density at radius 2 is 2.24 bits per heavy atom. The number of nitrogens with one attached hydrogen (secondary N) is 2. The number of nitrogen functional groups attached to an aromatic ring is 1. The predicted molar refractivity (Wildman–Crippen MR) is 73.0 cm³/mol. The first-order valence-corrected chi connectivity index (χ1v) is 6.60. The molecule has 1 aromatic heterocycles. The van der Waals surface area contributed by atoms with Crippen LogP contribution in [0.5, 0.6) is 0 Å². The number of imide groups is 1. The molecular formula is C13H15N5O3. The maximum atomic E-state index is 12.2. The summed E-state index contributed by atoms with van der Waals surface area (Å²) in [6, 6.07) is 2.88. The van der Waals surface area contributed by atoms with Gasteiger partial charge in [-0.25, -0.2) is 4.79 Å². The van der Waals surface area contributed by atoms with Crippen molar-refractivity contribution >= 4 is 23.5 Å². The molecular weight excluding hydrogens is 274 g/mol. The van der Waals surface area contributed by atoms with Gasteiger partial charge < -0.3 is 16.0 Å². The van der Waals surface area contributed by atoms with E-state index in [4.69, 9.17) is 5.73 Å². The van der Waals surface area contributed by atoms with Gasteiger partial charge >= 0.3 is 6.03 Å². The number of pyridine rings is 1. The summed E-state index contributed by atoms with van der Waals surface area (Å²) in [5.41, 5.74) is 5.73. The number of hydrogen-bond acceptors (Lipinski definition) is 5. The van der Waals surface area contributed by atoms with Crippen LogP contribution in [0.2, 0.25) is 0 Å². The Balaban J connectivity index is 1.66. The number of aromatic nitrogens is 1. The Kier molecular flexibility index (Phi) is 3.00. The van der Waals surface area contributed by atoms with E-state index in [0.29, 0.717) is 24.3 Å². The molecule has 0 saturated carbocycles. The molecule has 3 heterocycles. The van der Waals surface area contributed by atoms with Crippen molar-refractivity contribution in [2.75, 3.05) is 18.8 Å². The quantitative estimate of drug-likeness (QED) is 0.605. The lowest BCUT2D eigenvalue weighted by atomic mass is 9.99. The van der Waals surface area contributed by atoms with Crippen molar-refractivity contribution in [3.63, 3.8) is 0 Å². The van der Waals surface area contributed by atoms with Crippen molar-refractivity contribution < 1.29 is 14.4 Å². The van der Waals surface area contributed by atoms with Gasteiger partial charge in [-0.15, -0.1) is 0 Å². The van der Waals surface area contributed by atoms with Crippen LogP contribution in [0.1, 0.15) is 12.1 Å². The monoisotopic (exact) mass is 289 g/mol. The number of rotatable bonds is 2. The van der Waals surface area contributed by atoms with E-state index in [2.05, 4.69) is 15.6 Å². The van der Waals surface area contributed by atoms with Gasteiger partial charge in [-0.3, -0.25) is 19.9 Å². The molecule has 4 N–H and O–H groups in total. The molecule has 0 radical (unpaired) electrons. The molecule has 8 nitrogen and oxygen atoms in total. The topological polar surface area (TPSA) is 117 Å². The van der Waals surface area contributed by atoms with Crippen LogP contribution in [0.4, 0.5) is 10.5 Å². The summed E-state index contributed by atoms with van der Waals surface area (Å²) in [6.45, 7) is 0.625. The lowest BCUT2D eigenvalue weighted by molar-refractivity contribution is -0.130. The van der Waals surface area contributed by atoms with Crippen molar-refractivity contribution in [1.29, 1.82) is 0 Å². The van der Waals surface area contributed by atoms with Crippen molar-refractivity contribution in [1.82, 2.24) is 20.5 Å². The maximum absolute atomic E-state index is 12.2. The minimum absolute atomic E-state index is 0.127. The highest BCUT2D eigenvalue weighted by Crippen LogP contribution is 2.25. The van der Waals surface area contributed by atoms with E-state index in [9.17, 15) is 14.4 Å². The highest BCUT2D eigenvalue weighted by molar-refractivity contribution is 6.07. The fourth-order valence-corrected chi connectivity index (χ4v) is 2.65. The van der Waals surface area contributed by atoms with E-state index in [1.54, 1.807) is 17.0 Å². The second-order valence-corrected chi connectivity index (χ2v) is 5.32. The maximum Gasteiger partial charge on any atom is 0.322 e. The van der Waals surface area contributed by atoms with E-state index in [1.165, 1.54) is 6.20 Å². The lowest BCUT2D eigenvalue weighted by Gasteiger charge is -2.21. The second-order valence-electron chi connectivity index (χ2n) is 5.32. The zero-order valence-electron chi connectivity index (χ0n) is 11.3. The molecule has 0 aromatic carbocycles. The van der Waals surface area contributed by atoms with E-state index in [0.717, 1.165) is 0 Å². The number of nitrogens with zero attached hydrogens (tertiary/aromatic N) is 2. The van der Waals surface area contributed by atoms with Gasteiger partial charge in [-0.2, -0.15) is 0 Å². The smallest absolute Gasteiger partial charge is 0.322 e. The summed E-state index contributed by atoms with van der Waals surface area (Å²) in [5.74, 6) is -0.494. The van der Waals surface area contributed by atoms with E-state index in [-0.39, 0.29) is 24.8 Å². The summed E-state index contributed by atoms with van der Waals surface area (Å²) in [6.07, 6.45) is 2.07. The van der Waals surface area contributed by atoms with Crippen LogP contribution in [-0.2, 0) is 16.0 Å². The summed E-state index contributed by atoms with van der Waals surface area (Å²) < 4.78 is 0. The Morgan fingerprint density at radius 1 is 1.43 bits per heavy atom. The summed E-state index contributed by atoms with van der Waals surface area (Å²) >= 11 is 0. The van der Waals surface area contributed by atoms with Gasteiger partial charge in [0.15, 0.2) is 0 Å². The lowest BCUT2D eigenvalue weighted by Crippen LogP contribution is -2.49. The van der Waals surface area contributed by atoms with Crippen LogP contribution >= 0.6 is 0 Å². The van der Waals surface area contributed by atoms with Crippen LogP contribution < -0.4 is 16.4 Å². The third kappa shape index (κ3) is 2.39. The van der Waals surface area contributed by atoms with Gasteiger partial charge in [0.2, 0.25) is 5.91 Å². The third-order valence-corrected chi connectivity index (χ3v) is 3.82. The number of carbonyl (C=O) groups excluding carboxylic acids is 3. The van der Waals surface area contributed by atoms with Gasteiger partial charge in [-0.05, 0) is 18.6 Å². The Hall–Kier alpha value is -2.64. The molecule has 3 rings (SSSR count). The summed E-state index contributed by atoms with van der Waals surface area (Å²) in [5, 5.41) is 4.82. The number of anilines is 1. The van der Waals surface area contributed by atoms with Crippen molar-refractivity contribution in [3.8, 4) is 0 Å². The first kappa shape index (κ1) is 13.3. The second kappa shape index (κ2) is 4.72. The molecule has 110 valence electrons. The molecule has 21 heavy (non-hydrogen) atoms. The van der Waals surface area contributed by atoms with Gasteiger partial charge in [0.1, 0.15) is 5.54 Å². The summed E-state index contributed by atoms with van der Waals surface area (Å²) in [7, 11) is 0. The normalized spacial score (nSPS) is 24.3. The summed E-state index contributed by atoms with van der Waals surface area (Å²) in [4.78, 5) is 41.0. The molecule has 4 amide bonds. The molecule has 1 spiro atoms. The van der Waals surface area contributed by atoms with E-state index < -0.39 is 11.6 Å². The van der Waals surface area contributed by atoms with Gasteiger partial charge in [-0.1, -0.05) is 0 Å². The zero-order valence-corrected chi connectivity index (χ0v) is 11.3. The van der Waals surface area contributed by atoms with Crippen LogP contribution in [-0.4, -0.2) is 46.4 Å². The van der Waals surface area contributed by atoms with Crippen molar-refractivity contribution in [2.24, 2.45) is 0 Å². The molecule has 8 heteroatoms. The van der Waals surface area contributed by atoms with Gasteiger partial charge in [0, 0.05) is 12.2 Å². The highest BCUT2D eigenvalue weighted by atomic mass is 16.2. The van der Waals surface area contributed by atoms with Crippen LogP contribution in [0.15, 0.2) is 18.3 Å². The average Bonchev–Trinajstić information content (AvgIpc) is 2.97. The first-order chi connectivity index (χ1) is 9.98. The molecule has 2 aliphatic heterocycles. The Morgan fingerprint density at radius 3 is 2.86 bits per heavy atom. The molecule has 1 unspecified atom stereocenters. The largest absolute Gasteiger partial charge is 0.397 e. The van der Waals surface area contributed by atoms with Crippen LogP contribution in [0, 0.1) is 0 Å². The number of likely N-dealkylation sites (tertiary alicyclic amines) is 1. The molecule has 2 aliphatic rings. The highest BCUT2D eigenvalue weighted by Gasteiger charge is 2.51. The van der Waals surface area contributed by atoms with Crippen molar-refractivity contribution in [2.45, 2.75) is 18.4 Å². The Bertz CT molecular complexity index is 615. The molecule has 1 aromatic rings. The van der Waals surface area contributed by atoms with Crippen molar-refractivity contribution in [3.05, 3.63) is 24.0 Å². The van der Waals surface area contributed by atoms with Crippen LogP contribution in [0.3, 0.4) is 0 Å².